The topological polar surface area (TPSA) is 52.0 Å². The number of rotatable bonds is 0. The predicted molar refractivity (Wildman–Crippen MR) is 70.9 cm³/mol. The smallest absolute Gasteiger partial charge is 0.452 e. The SMILES string of the molecule is CN.CN.S=CI.[B].[B][B-][B].[K+]. The van der Waals surface area contributed by atoms with Crippen LogP contribution in [0.4, 0.5) is 0 Å². The number of thiocarbonyl (C=S) groups is 1. The van der Waals surface area contributed by atoms with E-state index in [1.54, 1.807) is 3.37 Å². The molecule has 4 N–H and O–H groups in total. The maximum atomic E-state index is 4.50. The second-order valence-electron chi connectivity index (χ2n) is 0.282. The molecule has 12 heavy (non-hydrogen) atoms. The Hall–Kier alpha value is 2.64. The van der Waals surface area contributed by atoms with Crippen molar-refractivity contribution in [2.24, 2.45) is 11.5 Å². The Labute approximate surface area is 143 Å². The Bertz CT molecular complexity index is 42.3. The summed E-state index contributed by atoms with van der Waals surface area (Å²) in [4.78, 5) is 0. The fraction of sp³-hybridized carbons (Fsp3) is 0.667. The summed E-state index contributed by atoms with van der Waals surface area (Å²) in [6.45, 7) is 0. The Morgan fingerprint density at radius 2 is 1.25 bits per heavy atom. The van der Waals surface area contributed by atoms with Crippen LogP contribution in [0.2, 0.25) is 0 Å². The second kappa shape index (κ2) is 101. The molecule has 0 saturated heterocycles. The molecule has 0 aliphatic carbocycles. The first-order valence-electron chi connectivity index (χ1n) is 2.28. The summed E-state index contributed by atoms with van der Waals surface area (Å²) in [5.74, 6) is 0. The average Bonchev–Trinajstić information content (AvgIpc) is 1.99. The van der Waals surface area contributed by atoms with Crippen LogP contribution in [0.1, 0.15) is 0 Å². The molecule has 0 saturated carbocycles. The summed E-state index contributed by atoms with van der Waals surface area (Å²) >= 11 is 6.23. The van der Waals surface area contributed by atoms with E-state index in [0.29, 0.717) is 0 Å². The molecule has 9 radical (unpaired) electrons. The van der Waals surface area contributed by atoms with E-state index in [1.165, 1.54) is 14.1 Å². The molecule has 0 aromatic carbocycles. The minimum atomic E-state index is 0. The molecular weight excluding hydrogens is 305 g/mol. The van der Waals surface area contributed by atoms with Gasteiger partial charge in [0.05, 0.1) is 0 Å². The van der Waals surface area contributed by atoms with E-state index in [-0.39, 0.29) is 59.8 Å². The van der Waals surface area contributed by atoms with Gasteiger partial charge in [-0.05, 0) is 36.7 Å². The van der Waals surface area contributed by atoms with Crippen LogP contribution in [-0.2, 0) is 0 Å². The number of hydrogen-bond donors (Lipinski definition) is 2. The van der Waals surface area contributed by atoms with E-state index in [9.17, 15) is 0 Å². The van der Waals surface area contributed by atoms with Crippen LogP contribution in [0.25, 0.3) is 0 Å². The quantitative estimate of drug-likeness (QED) is 0.207. The molecule has 0 aromatic heterocycles. The van der Waals surface area contributed by atoms with E-state index in [2.05, 4.69) is 39.2 Å². The molecule has 2 nitrogen and oxygen atoms in total. The van der Waals surface area contributed by atoms with Crippen LogP contribution in [0.5, 0.6) is 0 Å². The zero-order valence-electron chi connectivity index (χ0n) is 7.83. The zero-order valence-corrected chi connectivity index (χ0v) is 13.9. The molecule has 0 aliphatic heterocycles. The predicted octanol–water partition coefficient (Wildman–Crippen LogP) is -3.99. The van der Waals surface area contributed by atoms with Gasteiger partial charge in [-0.3, -0.25) is 15.5 Å². The van der Waals surface area contributed by atoms with Gasteiger partial charge >= 0.3 is 51.4 Å². The van der Waals surface area contributed by atoms with Gasteiger partial charge < -0.3 is 18.5 Å². The van der Waals surface area contributed by atoms with Crippen molar-refractivity contribution in [2.75, 3.05) is 14.1 Å². The van der Waals surface area contributed by atoms with Crippen LogP contribution in [0.15, 0.2) is 0 Å². The summed E-state index contributed by atoms with van der Waals surface area (Å²) in [5.41, 5.74) is 9.00. The molecule has 0 bridgehead atoms. The molecule has 0 amide bonds. The summed E-state index contributed by atoms with van der Waals surface area (Å²) in [5, 5.41) is 0. The van der Waals surface area contributed by atoms with Gasteiger partial charge in [0.25, 0.3) is 0 Å². The standard InChI is InChI=1S/CHIS.2CH5N.B3.B.K/c2-1-3;2*1-2;1-3-2;;/h1H;2*2H2,1H3;;;/q;;;-1;;+1. The summed E-state index contributed by atoms with van der Waals surface area (Å²) in [6, 6.07) is 0. The maximum absolute atomic E-state index is 4.50. The van der Waals surface area contributed by atoms with E-state index in [0.717, 1.165) is 7.06 Å². The van der Waals surface area contributed by atoms with Crippen LogP contribution < -0.4 is 62.9 Å². The van der Waals surface area contributed by atoms with E-state index >= 15 is 0 Å². The molecule has 0 atom stereocenters. The molecule has 0 aliphatic rings. The number of halogens is 1. The van der Waals surface area contributed by atoms with Gasteiger partial charge in [0, 0.05) is 11.8 Å². The molecule has 59 valence electrons. The Kier molecular flexibility index (Phi) is 308. The summed E-state index contributed by atoms with van der Waals surface area (Å²) in [7, 11) is 13.0. The molecule has 9 heteroatoms. The van der Waals surface area contributed by atoms with Gasteiger partial charge in [0.15, 0.2) is 0 Å². The van der Waals surface area contributed by atoms with Crippen molar-refractivity contribution in [1.29, 1.82) is 0 Å². The van der Waals surface area contributed by atoms with Crippen molar-refractivity contribution in [3.8, 4) is 0 Å². The molecule has 0 rings (SSSR count). The van der Waals surface area contributed by atoms with Gasteiger partial charge in [-0.15, -0.1) is 0 Å². The van der Waals surface area contributed by atoms with Crippen molar-refractivity contribution >= 4 is 69.1 Å². The molecule has 0 spiro atoms. The molecule has 0 fully saturated rings. The van der Waals surface area contributed by atoms with Crippen LogP contribution >= 0.6 is 34.8 Å². The number of hydrogen-bond acceptors (Lipinski definition) is 3. The van der Waals surface area contributed by atoms with Gasteiger partial charge in [-0.2, -0.15) is 0 Å². The minimum Gasteiger partial charge on any atom is -0.452 e. The van der Waals surface area contributed by atoms with Crippen LogP contribution in [0, 0.1) is 0 Å². The van der Waals surface area contributed by atoms with Crippen LogP contribution in [-0.4, -0.2) is 48.4 Å². The van der Waals surface area contributed by atoms with Crippen molar-refractivity contribution in [3.05, 3.63) is 0 Å². The first kappa shape index (κ1) is 36.5. The molecule has 0 unspecified atom stereocenters. The largest absolute Gasteiger partial charge is 1.00 e. The molecular formula is C3H11B4IKN2S. The van der Waals surface area contributed by atoms with Crippen molar-refractivity contribution in [1.82, 2.24) is 0 Å². The van der Waals surface area contributed by atoms with Crippen molar-refractivity contribution in [3.63, 3.8) is 0 Å². The minimum absolute atomic E-state index is 0. The van der Waals surface area contributed by atoms with Crippen molar-refractivity contribution < 1.29 is 51.4 Å². The Morgan fingerprint density at radius 3 is 1.25 bits per heavy atom. The summed E-state index contributed by atoms with van der Waals surface area (Å²) in [6.07, 6.45) is 0. The fourth-order valence-electron chi connectivity index (χ4n) is 0. The van der Waals surface area contributed by atoms with Gasteiger partial charge in [0.2, 0.25) is 0 Å². The average molecular weight is 316 g/mol. The normalized spacial score (nSPS) is 3.42. The van der Waals surface area contributed by atoms with E-state index in [4.69, 9.17) is 0 Å². The zero-order chi connectivity index (χ0) is 9.41. The van der Waals surface area contributed by atoms with Gasteiger partial charge in [-0.25, -0.2) is 0 Å². The van der Waals surface area contributed by atoms with Crippen LogP contribution in [0.3, 0.4) is 0 Å². The third-order valence-electron chi connectivity index (χ3n) is 0. The number of nitrogens with two attached hydrogens (primary N) is 2. The molecule has 0 heterocycles. The van der Waals surface area contributed by atoms with Crippen molar-refractivity contribution in [2.45, 2.75) is 0 Å². The van der Waals surface area contributed by atoms with E-state index < -0.39 is 0 Å². The Morgan fingerprint density at radius 1 is 1.25 bits per heavy atom. The third-order valence-corrected chi connectivity index (χ3v) is 0. The Balaban J connectivity index is -0.00000000967. The second-order valence-corrected chi connectivity index (χ2v) is 1.99. The van der Waals surface area contributed by atoms with E-state index in [1.807, 2.05) is 22.6 Å². The maximum Gasteiger partial charge on any atom is 1.00 e. The van der Waals surface area contributed by atoms with Gasteiger partial charge in [0.1, 0.15) is 0 Å². The first-order valence-corrected chi connectivity index (χ1v) is 3.99. The summed E-state index contributed by atoms with van der Waals surface area (Å²) < 4.78 is 1.55. The molecule has 0 aromatic rings. The third kappa shape index (κ3) is 246. The van der Waals surface area contributed by atoms with Gasteiger partial charge in [-0.1, -0.05) is 12.2 Å². The fourth-order valence-corrected chi connectivity index (χ4v) is 0. The monoisotopic (exact) mass is 317 g/mol. The first-order chi connectivity index (χ1) is 4.83.